The molecule has 1 aliphatic heterocycles. The lowest BCUT2D eigenvalue weighted by molar-refractivity contribution is 0.117. The number of ether oxygens (including phenoxy) is 1. The van der Waals surface area contributed by atoms with Crippen LogP contribution in [0.2, 0.25) is 0 Å². The average Bonchev–Trinajstić information content (AvgIpc) is 2.83. The van der Waals surface area contributed by atoms with Crippen LogP contribution in [0.1, 0.15) is 44.2 Å². The molecule has 1 heterocycles. The predicted octanol–water partition coefficient (Wildman–Crippen LogP) is 3.37. The van der Waals surface area contributed by atoms with Crippen LogP contribution in [0, 0.1) is 5.92 Å². The Bertz CT molecular complexity index is 385. The first-order valence-corrected chi connectivity index (χ1v) is 7.48. The van der Waals surface area contributed by atoms with Gasteiger partial charge < -0.3 is 10.1 Å². The Morgan fingerprint density at radius 3 is 2.42 bits per heavy atom. The largest absolute Gasteiger partial charge is 0.378 e. The second-order valence-electron chi connectivity index (χ2n) is 6.14. The zero-order chi connectivity index (χ0) is 13.8. The molecule has 1 fully saturated rings. The number of hydrogen-bond acceptors (Lipinski definition) is 2. The summed E-state index contributed by atoms with van der Waals surface area (Å²) in [6, 6.07) is 9.61. The van der Waals surface area contributed by atoms with E-state index in [4.69, 9.17) is 4.74 Å². The quantitative estimate of drug-likeness (QED) is 0.877. The summed E-state index contributed by atoms with van der Waals surface area (Å²) in [6.45, 7) is 7.55. The molecule has 19 heavy (non-hydrogen) atoms. The van der Waals surface area contributed by atoms with Gasteiger partial charge in [0.15, 0.2) is 0 Å². The zero-order valence-corrected chi connectivity index (χ0v) is 12.6. The van der Waals surface area contributed by atoms with Crippen molar-refractivity contribution in [3.63, 3.8) is 0 Å². The molecule has 0 aliphatic carbocycles. The molecule has 0 saturated carbocycles. The van der Waals surface area contributed by atoms with E-state index in [0.717, 1.165) is 13.0 Å². The molecule has 106 valence electrons. The topological polar surface area (TPSA) is 21.3 Å². The van der Waals surface area contributed by atoms with E-state index in [1.54, 1.807) is 0 Å². The molecule has 1 aromatic rings. The summed E-state index contributed by atoms with van der Waals surface area (Å²) in [6.07, 6.45) is 2.69. The summed E-state index contributed by atoms with van der Waals surface area (Å²) in [4.78, 5) is 0. The third-order valence-electron chi connectivity index (χ3n) is 4.27. The maximum atomic E-state index is 5.70. The maximum absolute atomic E-state index is 5.70. The van der Waals surface area contributed by atoms with Crippen molar-refractivity contribution in [3.05, 3.63) is 35.4 Å². The Hall–Kier alpha value is -0.860. The Morgan fingerprint density at radius 2 is 1.95 bits per heavy atom. The van der Waals surface area contributed by atoms with Crippen LogP contribution in [0.4, 0.5) is 0 Å². The van der Waals surface area contributed by atoms with Gasteiger partial charge in [-0.1, -0.05) is 38.1 Å². The van der Waals surface area contributed by atoms with Crippen LogP contribution in [0.25, 0.3) is 0 Å². The molecule has 1 aromatic carbocycles. The van der Waals surface area contributed by atoms with Crippen molar-refractivity contribution in [1.29, 1.82) is 0 Å². The summed E-state index contributed by atoms with van der Waals surface area (Å²) in [5.74, 6) is 1.25. The molecule has 1 aliphatic rings. The van der Waals surface area contributed by atoms with Crippen LogP contribution >= 0.6 is 0 Å². The van der Waals surface area contributed by atoms with Crippen LogP contribution in [-0.4, -0.2) is 25.8 Å². The Balaban J connectivity index is 1.98. The van der Waals surface area contributed by atoms with Crippen molar-refractivity contribution in [2.75, 3.05) is 13.7 Å². The van der Waals surface area contributed by atoms with Gasteiger partial charge in [-0.25, -0.2) is 0 Å². The van der Waals surface area contributed by atoms with E-state index in [1.165, 1.54) is 17.5 Å². The molecule has 0 bridgehead atoms. The number of likely N-dealkylation sites (N-methyl/N-ethyl adjacent to an activating group) is 1. The van der Waals surface area contributed by atoms with Gasteiger partial charge >= 0.3 is 0 Å². The van der Waals surface area contributed by atoms with Gasteiger partial charge in [0.1, 0.15) is 0 Å². The van der Waals surface area contributed by atoms with Crippen LogP contribution in [0.15, 0.2) is 24.3 Å². The molecule has 2 rings (SSSR count). The molecule has 2 heteroatoms. The van der Waals surface area contributed by atoms with Crippen LogP contribution in [0.3, 0.4) is 0 Å². The van der Waals surface area contributed by atoms with Gasteiger partial charge in [-0.3, -0.25) is 0 Å². The summed E-state index contributed by atoms with van der Waals surface area (Å²) in [5, 5.41) is 3.47. The molecular formula is C17H27NO. The van der Waals surface area contributed by atoms with Gasteiger partial charge in [0.25, 0.3) is 0 Å². The number of hydrogen-bond donors (Lipinski definition) is 1. The van der Waals surface area contributed by atoms with E-state index in [0.29, 0.717) is 24.0 Å². The first-order chi connectivity index (χ1) is 9.10. The minimum absolute atomic E-state index is 0.421. The lowest BCUT2D eigenvalue weighted by atomic mass is 9.91. The van der Waals surface area contributed by atoms with Crippen LogP contribution in [-0.2, 0) is 11.2 Å². The van der Waals surface area contributed by atoms with E-state index in [9.17, 15) is 0 Å². The highest BCUT2D eigenvalue weighted by atomic mass is 16.5. The Morgan fingerprint density at radius 1 is 1.26 bits per heavy atom. The third kappa shape index (κ3) is 3.80. The number of rotatable bonds is 5. The molecule has 3 atom stereocenters. The molecule has 0 amide bonds. The van der Waals surface area contributed by atoms with Crippen molar-refractivity contribution in [3.8, 4) is 0 Å². The maximum Gasteiger partial charge on any atom is 0.0551 e. The Labute approximate surface area is 117 Å². The van der Waals surface area contributed by atoms with Gasteiger partial charge in [-0.2, -0.15) is 0 Å². The van der Waals surface area contributed by atoms with E-state index >= 15 is 0 Å². The van der Waals surface area contributed by atoms with E-state index < -0.39 is 0 Å². The van der Waals surface area contributed by atoms with Crippen molar-refractivity contribution in [1.82, 2.24) is 5.32 Å². The zero-order valence-electron chi connectivity index (χ0n) is 12.6. The van der Waals surface area contributed by atoms with Crippen LogP contribution in [0.5, 0.6) is 0 Å². The number of benzene rings is 1. The monoisotopic (exact) mass is 261 g/mol. The Kier molecular flexibility index (Phi) is 5.00. The molecule has 3 unspecified atom stereocenters. The van der Waals surface area contributed by atoms with Gasteiger partial charge in [-0.05, 0) is 43.9 Å². The van der Waals surface area contributed by atoms with Gasteiger partial charge in [0, 0.05) is 12.0 Å². The lowest BCUT2D eigenvalue weighted by Crippen LogP contribution is -2.36. The SMILES string of the molecule is CNC(Cc1ccc(C(C)C)cc1)C1COC(C)C1. The lowest BCUT2D eigenvalue weighted by Gasteiger charge is -2.22. The highest BCUT2D eigenvalue weighted by Crippen LogP contribution is 2.24. The molecule has 1 N–H and O–H groups in total. The van der Waals surface area contributed by atoms with E-state index in [1.807, 2.05) is 0 Å². The molecule has 2 nitrogen and oxygen atoms in total. The summed E-state index contributed by atoms with van der Waals surface area (Å²) < 4.78 is 5.70. The summed E-state index contributed by atoms with van der Waals surface area (Å²) in [5.41, 5.74) is 2.84. The van der Waals surface area contributed by atoms with E-state index in [-0.39, 0.29) is 0 Å². The summed E-state index contributed by atoms with van der Waals surface area (Å²) in [7, 11) is 2.07. The smallest absolute Gasteiger partial charge is 0.0551 e. The first-order valence-electron chi connectivity index (χ1n) is 7.48. The van der Waals surface area contributed by atoms with Gasteiger partial charge in [0.2, 0.25) is 0 Å². The third-order valence-corrected chi connectivity index (χ3v) is 4.27. The van der Waals surface area contributed by atoms with Crippen molar-refractivity contribution in [2.24, 2.45) is 5.92 Å². The summed E-state index contributed by atoms with van der Waals surface area (Å²) >= 11 is 0. The predicted molar refractivity (Wildman–Crippen MR) is 80.6 cm³/mol. The van der Waals surface area contributed by atoms with Gasteiger partial charge in [0.05, 0.1) is 12.7 Å². The highest BCUT2D eigenvalue weighted by molar-refractivity contribution is 5.25. The second kappa shape index (κ2) is 6.53. The van der Waals surface area contributed by atoms with Gasteiger partial charge in [-0.15, -0.1) is 0 Å². The first kappa shape index (κ1) is 14.5. The highest BCUT2D eigenvalue weighted by Gasteiger charge is 2.28. The molecule has 0 spiro atoms. The van der Waals surface area contributed by atoms with Crippen molar-refractivity contribution in [2.45, 2.75) is 51.7 Å². The molecule has 0 radical (unpaired) electrons. The molecule has 1 saturated heterocycles. The fourth-order valence-electron chi connectivity index (χ4n) is 2.93. The average molecular weight is 261 g/mol. The fraction of sp³-hybridized carbons (Fsp3) is 0.647. The normalized spacial score (nSPS) is 24.9. The van der Waals surface area contributed by atoms with Crippen molar-refractivity contribution < 1.29 is 4.74 Å². The fourth-order valence-corrected chi connectivity index (χ4v) is 2.93. The van der Waals surface area contributed by atoms with E-state index in [2.05, 4.69) is 57.4 Å². The minimum Gasteiger partial charge on any atom is -0.378 e. The molecule has 0 aromatic heterocycles. The molecular weight excluding hydrogens is 234 g/mol. The minimum atomic E-state index is 0.421. The number of nitrogens with one attached hydrogen (secondary N) is 1. The standard InChI is InChI=1S/C17H27NO/c1-12(2)15-7-5-14(6-8-15)10-17(18-4)16-9-13(3)19-11-16/h5-8,12-13,16-18H,9-11H2,1-4H3. The second-order valence-corrected chi connectivity index (χ2v) is 6.14. The van der Waals surface area contributed by atoms with Crippen molar-refractivity contribution >= 4 is 0 Å². The van der Waals surface area contributed by atoms with Crippen LogP contribution < -0.4 is 5.32 Å².